The molecule has 7 heteroatoms. The van der Waals surface area contributed by atoms with Crippen molar-refractivity contribution in [3.8, 4) is 5.75 Å². The average molecular weight is 300 g/mol. The lowest BCUT2D eigenvalue weighted by Crippen LogP contribution is -2.45. The Kier molecular flexibility index (Phi) is 6.27. The number of likely N-dealkylation sites (N-methyl/N-ethyl adjacent to an activating group) is 1. The Labute approximate surface area is 122 Å². The van der Waals surface area contributed by atoms with E-state index >= 15 is 0 Å². The van der Waals surface area contributed by atoms with Crippen molar-refractivity contribution in [1.82, 2.24) is 4.90 Å². The summed E-state index contributed by atoms with van der Waals surface area (Å²) < 4.78 is 5.46. The second-order valence-electron chi connectivity index (χ2n) is 4.34. The van der Waals surface area contributed by atoms with Crippen LogP contribution in [-0.4, -0.2) is 43.0 Å². The number of carbonyl (C=O) groups excluding carboxylic acids is 2. The van der Waals surface area contributed by atoms with Gasteiger partial charge in [-0.2, -0.15) is 0 Å². The summed E-state index contributed by atoms with van der Waals surface area (Å²) in [6.45, 7) is 0.643. The molecule has 2 amide bonds. The Balaban J connectivity index is 2.37. The normalized spacial score (nSPS) is 11.8. The maximum absolute atomic E-state index is 11.8. The molecule has 6 nitrogen and oxygen atoms in total. The van der Waals surface area contributed by atoms with Gasteiger partial charge in [-0.15, -0.1) is 0 Å². The molecule has 1 rings (SSSR count). The van der Waals surface area contributed by atoms with Crippen LogP contribution < -0.4 is 16.2 Å². The molecule has 0 bridgehead atoms. The highest BCUT2D eigenvalue weighted by molar-refractivity contribution is 6.30. The molecule has 0 saturated heterocycles. The van der Waals surface area contributed by atoms with E-state index in [0.717, 1.165) is 0 Å². The summed E-state index contributed by atoms with van der Waals surface area (Å²) in [6, 6.07) is 6.06. The van der Waals surface area contributed by atoms with Crippen LogP contribution in [0, 0.1) is 0 Å². The van der Waals surface area contributed by atoms with E-state index in [-0.39, 0.29) is 12.3 Å². The van der Waals surface area contributed by atoms with E-state index in [2.05, 4.69) is 0 Å². The lowest BCUT2D eigenvalue weighted by atomic mass is 10.2. The average Bonchev–Trinajstić information content (AvgIpc) is 2.37. The van der Waals surface area contributed by atoms with Gasteiger partial charge in [0.1, 0.15) is 12.4 Å². The number of rotatable bonds is 7. The number of hydrogen-bond acceptors (Lipinski definition) is 4. The van der Waals surface area contributed by atoms with Crippen molar-refractivity contribution < 1.29 is 14.3 Å². The fourth-order valence-corrected chi connectivity index (χ4v) is 1.73. The molecule has 0 heterocycles. The number of benzene rings is 1. The molecule has 1 aromatic carbocycles. The van der Waals surface area contributed by atoms with Crippen molar-refractivity contribution in [3.63, 3.8) is 0 Å². The van der Waals surface area contributed by atoms with Gasteiger partial charge in [0.2, 0.25) is 11.8 Å². The minimum absolute atomic E-state index is 0.168. The van der Waals surface area contributed by atoms with Crippen LogP contribution in [0.2, 0.25) is 5.02 Å². The number of hydrogen-bond donors (Lipinski definition) is 2. The molecule has 0 aromatic heterocycles. The molecule has 0 fully saturated rings. The lowest BCUT2D eigenvalue weighted by Gasteiger charge is -2.20. The number of amides is 2. The van der Waals surface area contributed by atoms with E-state index in [4.69, 9.17) is 27.8 Å². The first kappa shape index (κ1) is 16.3. The van der Waals surface area contributed by atoms with Crippen molar-refractivity contribution in [2.24, 2.45) is 11.5 Å². The molecule has 0 aliphatic heterocycles. The van der Waals surface area contributed by atoms with Gasteiger partial charge in [0.05, 0.1) is 19.0 Å². The summed E-state index contributed by atoms with van der Waals surface area (Å²) in [6.07, 6.45) is -0.168. The molecule has 1 aromatic rings. The van der Waals surface area contributed by atoms with Gasteiger partial charge in [-0.05, 0) is 18.2 Å². The first-order valence-electron chi connectivity index (χ1n) is 6.07. The van der Waals surface area contributed by atoms with Gasteiger partial charge in [0.25, 0.3) is 0 Å². The van der Waals surface area contributed by atoms with E-state index in [1.165, 1.54) is 4.90 Å². The topological polar surface area (TPSA) is 98.7 Å². The lowest BCUT2D eigenvalue weighted by molar-refractivity contribution is -0.133. The Morgan fingerprint density at radius 2 is 2.15 bits per heavy atom. The van der Waals surface area contributed by atoms with Gasteiger partial charge < -0.3 is 21.1 Å². The van der Waals surface area contributed by atoms with Crippen molar-refractivity contribution in [2.45, 2.75) is 12.5 Å². The Morgan fingerprint density at radius 3 is 2.75 bits per heavy atom. The van der Waals surface area contributed by atoms with Crippen LogP contribution in [0.4, 0.5) is 0 Å². The molecular weight excluding hydrogens is 282 g/mol. The van der Waals surface area contributed by atoms with Gasteiger partial charge in [-0.1, -0.05) is 17.7 Å². The Bertz CT molecular complexity index is 482. The standard InChI is InChI=1S/C13H18ClN3O3/c1-17(13(19)11(15)8-12(16)18)5-6-20-10-4-2-3-9(14)7-10/h2-4,7,11H,5-6,8,15H2,1H3,(H2,16,18). The SMILES string of the molecule is CN(CCOc1cccc(Cl)c1)C(=O)C(N)CC(N)=O. The van der Waals surface area contributed by atoms with E-state index in [9.17, 15) is 9.59 Å². The highest BCUT2D eigenvalue weighted by atomic mass is 35.5. The predicted molar refractivity (Wildman–Crippen MR) is 76.4 cm³/mol. The molecule has 0 aliphatic rings. The van der Waals surface area contributed by atoms with Gasteiger partial charge in [0.15, 0.2) is 0 Å². The van der Waals surface area contributed by atoms with Crippen molar-refractivity contribution >= 4 is 23.4 Å². The smallest absolute Gasteiger partial charge is 0.239 e. The highest BCUT2D eigenvalue weighted by Gasteiger charge is 2.19. The number of primary amides is 1. The molecular formula is C13H18ClN3O3. The predicted octanol–water partition coefficient (Wildman–Crippen LogP) is 0.380. The summed E-state index contributed by atoms with van der Waals surface area (Å²) in [7, 11) is 1.59. The quantitative estimate of drug-likeness (QED) is 0.760. The third kappa shape index (κ3) is 5.46. The van der Waals surface area contributed by atoms with Gasteiger partial charge in [0, 0.05) is 12.1 Å². The number of nitrogens with zero attached hydrogens (tertiary/aromatic N) is 1. The van der Waals surface area contributed by atoms with E-state index in [0.29, 0.717) is 23.9 Å². The van der Waals surface area contributed by atoms with Gasteiger partial charge >= 0.3 is 0 Å². The van der Waals surface area contributed by atoms with E-state index < -0.39 is 11.9 Å². The highest BCUT2D eigenvalue weighted by Crippen LogP contribution is 2.16. The van der Waals surface area contributed by atoms with Crippen LogP contribution in [-0.2, 0) is 9.59 Å². The fraction of sp³-hybridized carbons (Fsp3) is 0.385. The van der Waals surface area contributed by atoms with Crippen LogP contribution in [0.1, 0.15) is 6.42 Å². The number of carbonyl (C=O) groups is 2. The first-order valence-corrected chi connectivity index (χ1v) is 6.45. The fourth-order valence-electron chi connectivity index (χ4n) is 1.55. The van der Waals surface area contributed by atoms with Crippen molar-refractivity contribution in [1.29, 1.82) is 0 Å². The summed E-state index contributed by atoms with van der Waals surface area (Å²) in [5, 5.41) is 0.579. The molecule has 110 valence electrons. The maximum Gasteiger partial charge on any atom is 0.239 e. The molecule has 1 atom stereocenters. The van der Waals surface area contributed by atoms with Crippen LogP contribution in [0.25, 0.3) is 0 Å². The van der Waals surface area contributed by atoms with Crippen LogP contribution in [0.3, 0.4) is 0 Å². The molecule has 1 unspecified atom stereocenters. The third-order valence-electron chi connectivity index (χ3n) is 2.61. The van der Waals surface area contributed by atoms with E-state index in [1.807, 2.05) is 0 Å². The van der Waals surface area contributed by atoms with Crippen molar-refractivity contribution in [3.05, 3.63) is 29.3 Å². The third-order valence-corrected chi connectivity index (χ3v) is 2.84. The van der Waals surface area contributed by atoms with Crippen molar-refractivity contribution in [2.75, 3.05) is 20.2 Å². The van der Waals surface area contributed by atoms with Gasteiger partial charge in [-0.3, -0.25) is 9.59 Å². The molecule has 0 radical (unpaired) electrons. The number of nitrogens with two attached hydrogens (primary N) is 2. The van der Waals surface area contributed by atoms with Crippen LogP contribution in [0.5, 0.6) is 5.75 Å². The molecule has 4 N–H and O–H groups in total. The number of halogens is 1. The molecule has 0 spiro atoms. The Morgan fingerprint density at radius 1 is 1.45 bits per heavy atom. The zero-order valence-electron chi connectivity index (χ0n) is 11.2. The Hall–Kier alpha value is -1.79. The minimum atomic E-state index is -0.913. The minimum Gasteiger partial charge on any atom is -0.492 e. The largest absolute Gasteiger partial charge is 0.492 e. The molecule has 0 aliphatic carbocycles. The zero-order valence-corrected chi connectivity index (χ0v) is 12.0. The summed E-state index contributed by atoms with van der Waals surface area (Å²) in [4.78, 5) is 23.9. The summed E-state index contributed by atoms with van der Waals surface area (Å²) >= 11 is 5.82. The molecule has 0 saturated carbocycles. The van der Waals surface area contributed by atoms with E-state index in [1.54, 1.807) is 31.3 Å². The molecule has 20 heavy (non-hydrogen) atoms. The summed E-state index contributed by atoms with van der Waals surface area (Å²) in [5.74, 6) is -0.326. The first-order chi connectivity index (χ1) is 9.40. The second-order valence-corrected chi connectivity index (χ2v) is 4.78. The maximum atomic E-state index is 11.8. The summed E-state index contributed by atoms with van der Waals surface area (Å²) in [5.41, 5.74) is 10.6. The van der Waals surface area contributed by atoms with Crippen LogP contribution >= 0.6 is 11.6 Å². The number of ether oxygens (including phenoxy) is 1. The zero-order chi connectivity index (χ0) is 15.1. The van der Waals surface area contributed by atoms with Gasteiger partial charge in [-0.25, -0.2) is 0 Å². The van der Waals surface area contributed by atoms with Crippen LogP contribution in [0.15, 0.2) is 24.3 Å². The second kappa shape index (κ2) is 7.72. The monoisotopic (exact) mass is 299 g/mol.